The lowest BCUT2D eigenvalue weighted by atomic mass is 9.82. The molecule has 0 unspecified atom stereocenters. The Labute approximate surface area is 164 Å². The summed E-state index contributed by atoms with van der Waals surface area (Å²) in [5.41, 5.74) is 1.96. The van der Waals surface area contributed by atoms with E-state index in [9.17, 15) is 9.90 Å². The Morgan fingerprint density at radius 1 is 1.22 bits per heavy atom. The van der Waals surface area contributed by atoms with E-state index in [-0.39, 0.29) is 12.6 Å². The van der Waals surface area contributed by atoms with Crippen LogP contribution in [0.2, 0.25) is 0 Å². The third kappa shape index (κ3) is 7.76. The molecule has 1 aliphatic carbocycles. The highest BCUT2D eigenvalue weighted by Crippen LogP contribution is 2.29. The van der Waals surface area contributed by atoms with Gasteiger partial charge < -0.3 is 15.2 Å². The molecule has 2 N–H and O–H groups in total. The maximum atomic E-state index is 12.3. The molecule has 1 saturated carbocycles. The van der Waals surface area contributed by atoms with E-state index in [1.54, 1.807) is 0 Å². The smallest absolute Gasteiger partial charge is 0.407 e. The second-order valence-electron chi connectivity index (χ2n) is 8.14. The lowest BCUT2D eigenvalue weighted by Gasteiger charge is -2.30. The first kappa shape index (κ1) is 21.5. The van der Waals surface area contributed by atoms with Crippen molar-refractivity contribution in [2.75, 3.05) is 0 Å². The Bertz CT molecular complexity index is 579. The second-order valence-corrected chi connectivity index (χ2v) is 8.14. The number of nitrogens with one attached hydrogen (secondary N) is 1. The molecule has 1 amide bonds. The van der Waals surface area contributed by atoms with Gasteiger partial charge >= 0.3 is 6.09 Å². The molecule has 4 nitrogen and oxygen atoms in total. The van der Waals surface area contributed by atoms with Crippen molar-refractivity contribution in [3.63, 3.8) is 0 Å². The van der Waals surface area contributed by atoms with Crippen molar-refractivity contribution in [2.45, 2.75) is 77.5 Å². The van der Waals surface area contributed by atoms with Crippen LogP contribution in [0.5, 0.6) is 0 Å². The third-order valence-electron chi connectivity index (χ3n) is 5.58. The predicted molar refractivity (Wildman–Crippen MR) is 109 cm³/mol. The number of hydrogen-bond acceptors (Lipinski definition) is 3. The van der Waals surface area contributed by atoms with Crippen LogP contribution in [0, 0.1) is 11.8 Å². The number of alkyl carbamates (subject to hydrolysis) is 1. The van der Waals surface area contributed by atoms with Crippen molar-refractivity contribution in [2.24, 2.45) is 11.8 Å². The highest BCUT2D eigenvalue weighted by Gasteiger charge is 2.27. The maximum Gasteiger partial charge on any atom is 0.407 e. The largest absolute Gasteiger partial charge is 0.445 e. The van der Waals surface area contributed by atoms with Gasteiger partial charge in [0, 0.05) is 0 Å². The monoisotopic (exact) mass is 373 g/mol. The molecule has 4 heteroatoms. The minimum absolute atomic E-state index is 0.234. The van der Waals surface area contributed by atoms with Crippen LogP contribution in [0.15, 0.2) is 42.5 Å². The standard InChI is InChI=1S/C23H35NO3/c1-17(2)18(3)14-22(25)21(15-19-10-6-4-7-11-19)24-23(26)27-16-20-12-8-5-9-13-20/h5,8-9,12-13,17,19,21-22,25H,3-4,6-7,10-11,14-16H2,1-2H3,(H,24,26)/t21-,22-/m0/s1. The number of aliphatic hydroxyl groups is 1. The minimum Gasteiger partial charge on any atom is -0.445 e. The zero-order valence-corrected chi connectivity index (χ0v) is 16.8. The fraction of sp³-hybridized carbons (Fsp3) is 0.609. The first-order valence-corrected chi connectivity index (χ1v) is 10.3. The van der Waals surface area contributed by atoms with Crippen LogP contribution >= 0.6 is 0 Å². The van der Waals surface area contributed by atoms with Crippen LogP contribution in [0.4, 0.5) is 4.79 Å². The summed E-state index contributed by atoms with van der Waals surface area (Å²) in [6.07, 6.45) is 6.33. The van der Waals surface area contributed by atoms with E-state index in [0.29, 0.717) is 18.3 Å². The van der Waals surface area contributed by atoms with Gasteiger partial charge in [0.1, 0.15) is 6.61 Å². The van der Waals surface area contributed by atoms with Crippen LogP contribution in [0.3, 0.4) is 0 Å². The van der Waals surface area contributed by atoms with Gasteiger partial charge in [0.2, 0.25) is 0 Å². The fourth-order valence-electron chi connectivity index (χ4n) is 3.66. The number of aliphatic hydroxyl groups excluding tert-OH is 1. The Balaban J connectivity index is 1.92. The van der Waals surface area contributed by atoms with Crippen LogP contribution in [-0.2, 0) is 11.3 Å². The topological polar surface area (TPSA) is 58.6 Å². The number of amides is 1. The summed E-state index contributed by atoms with van der Waals surface area (Å²) >= 11 is 0. The Morgan fingerprint density at radius 3 is 2.52 bits per heavy atom. The van der Waals surface area contributed by atoms with Gasteiger partial charge in [0.15, 0.2) is 0 Å². The van der Waals surface area contributed by atoms with E-state index >= 15 is 0 Å². The minimum atomic E-state index is -0.633. The molecule has 0 spiro atoms. The quantitative estimate of drug-likeness (QED) is 0.584. The highest BCUT2D eigenvalue weighted by atomic mass is 16.5. The molecule has 0 saturated heterocycles. The van der Waals surface area contributed by atoms with E-state index in [0.717, 1.165) is 17.6 Å². The number of hydrogen-bond donors (Lipinski definition) is 2. The first-order valence-electron chi connectivity index (χ1n) is 10.3. The predicted octanol–water partition coefficient (Wildman–Crippen LogP) is 5.22. The van der Waals surface area contributed by atoms with E-state index < -0.39 is 12.2 Å². The van der Waals surface area contributed by atoms with Crippen LogP contribution in [0.25, 0.3) is 0 Å². The lowest BCUT2D eigenvalue weighted by Crippen LogP contribution is -2.45. The van der Waals surface area contributed by atoms with E-state index in [2.05, 4.69) is 25.7 Å². The van der Waals surface area contributed by atoms with Crippen molar-refractivity contribution in [3.05, 3.63) is 48.0 Å². The zero-order chi connectivity index (χ0) is 19.6. The fourth-order valence-corrected chi connectivity index (χ4v) is 3.66. The molecule has 1 fully saturated rings. The molecule has 0 bridgehead atoms. The highest BCUT2D eigenvalue weighted by molar-refractivity contribution is 5.67. The molecule has 150 valence electrons. The maximum absolute atomic E-state index is 12.3. The number of rotatable bonds is 9. The lowest BCUT2D eigenvalue weighted by molar-refractivity contribution is 0.0884. The molecule has 1 aromatic rings. The molecule has 1 aromatic carbocycles. The van der Waals surface area contributed by atoms with Crippen molar-refractivity contribution < 1.29 is 14.6 Å². The number of ether oxygens (including phenoxy) is 1. The summed E-state index contributed by atoms with van der Waals surface area (Å²) in [6.45, 7) is 8.46. The molecular formula is C23H35NO3. The normalized spacial score (nSPS) is 17.3. The summed E-state index contributed by atoms with van der Waals surface area (Å²) in [5, 5.41) is 13.7. The number of benzene rings is 1. The van der Waals surface area contributed by atoms with Gasteiger partial charge in [-0.15, -0.1) is 0 Å². The van der Waals surface area contributed by atoms with Crippen LogP contribution in [0.1, 0.15) is 64.4 Å². The molecule has 2 atom stereocenters. The molecular weight excluding hydrogens is 338 g/mol. The molecule has 0 heterocycles. The Kier molecular flexibility index (Phi) is 8.86. The summed E-state index contributed by atoms with van der Waals surface area (Å²) in [5.74, 6) is 0.875. The third-order valence-corrected chi connectivity index (χ3v) is 5.58. The molecule has 0 aromatic heterocycles. The van der Waals surface area contributed by atoms with Crippen LogP contribution < -0.4 is 5.32 Å². The number of carbonyl (C=O) groups excluding carboxylic acids is 1. The van der Waals surface area contributed by atoms with E-state index in [1.165, 1.54) is 32.1 Å². The molecule has 2 rings (SSSR count). The van der Waals surface area contributed by atoms with Crippen molar-refractivity contribution in [1.82, 2.24) is 5.32 Å². The molecule has 27 heavy (non-hydrogen) atoms. The zero-order valence-electron chi connectivity index (χ0n) is 16.8. The summed E-state index contributed by atoms with van der Waals surface area (Å²) < 4.78 is 5.37. The van der Waals surface area contributed by atoms with E-state index in [1.807, 2.05) is 30.3 Å². The summed E-state index contributed by atoms with van der Waals surface area (Å²) in [4.78, 5) is 12.3. The van der Waals surface area contributed by atoms with Crippen molar-refractivity contribution in [1.29, 1.82) is 0 Å². The van der Waals surface area contributed by atoms with Crippen molar-refractivity contribution >= 4 is 6.09 Å². The Morgan fingerprint density at radius 2 is 1.89 bits per heavy atom. The Hall–Kier alpha value is -1.81. The van der Waals surface area contributed by atoms with Crippen LogP contribution in [-0.4, -0.2) is 23.3 Å². The number of carbonyl (C=O) groups is 1. The molecule has 1 aliphatic rings. The first-order chi connectivity index (χ1) is 13.0. The van der Waals surface area contributed by atoms with Gasteiger partial charge in [-0.2, -0.15) is 0 Å². The molecule has 0 radical (unpaired) electrons. The SMILES string of the molecule is C=C(C[C@H](O)[C@H](CC1CCCCC1)NC(=O)OCc1ccccc1)C(C)C. The molecule has 0 aliphatic heterocycles. The van der Waals surface area contributed by atoms with Gasteiger partial charge in [0.25, 0.3) is 0 Å². The average molecular weight is 374 g/mol. The van der Waals surface area contributed by atoms with Gasteiger partial charge in [-0.1, -0.05) is 88.4 Å². The van der Waals surface area contributed by atoms with Gasteiger partial charge in [-0.25, -0.2) is 4.79 Å². The van der Waals surface area contributed by atoms with E-state index in [4.69, 9.17) is 4.74 Å². The summed E-state index contributed by atoms with van der Waals surface area (Å²) in [7, 11) is 0. The second kappa shape index (κ2) is 11.1. The van der Waals surface area contributed by atoms with Gasteiger partial charge in [-0.05, 0) is 30.2 Å². The van der Waals surface area contributed by atoms with Crippen molar-refractivity contribution in [3.8, 4) is 0 Å². The van der Waals surface area contributed by atoms with Gasteiger partial charge in [0.05, 0.1) is 12.1 Å². The summed E-state index contributed by atoms with van der Waals surface area (Å²) in [6, 6.07) is 9.32. The van der Waals surface area contributed by atoms with Gasteiger partial charge in [-0.3, -0.25) is 0 Å². The average Bonchev–Trinajstić information content (AvgIpc) is 2.67.